The van der Waals surface area contributed by atoms with Crippen molar-refractivity contribution in [1.82, 2.24) is 4.98 Å². The van der Waals surface area contributed by atoms with Crippen LogP contribution in [0.4, 0.5) is 11.4 Å². The van der Waals surface area contributed by atoms with E-state index in [0.717, 1.165) is 10.6 Å². The number of thioether (sulfide) groups is 1. The molecule has 0 aliphatic carbocycles. The molecule has 0 spiro atoms. The number of aromatic carboxylic acids is 1. The Balaban J connectivity index is 2.37. The van der Waals surface area contributed by atoms with E-state index in [1.54, 1.807) is 24.0 Å². The highest BCUT2D eigenvalue weighted by Crippen LogP contribution is 2.28. The van der Waals surface area contributed by atoms with E-state index >= 15 is 0 Å². The van der Waals surface area contributed by atoms with Crippen molar-refractivity contribution in [3.63, 3.8) is 0 Å². The maximum absolute atomic E-state index is 11.1. The van der Waals surface area contributed by atoms with Gasteiger partial charge in [0.15, 0.2) is 0 Å². The summed E-state index contributed by atoms with van der Waals surface area (Å²) < 4.78 is 0. The highest BCUT2D eigenvalue weighted by atomic mass is 32.2. The molecular weight excluding hydrogens is 248 g/mol. The second kappa shape index (κ2) is 5.55. The molecule has 0 saturated heterocycles. The van der Waals surface area contributed by atoms with Crippen LogP contribution in [0.1, 0.15) is 10.4 Å². The third kappa shape index (κ3) is 2.62. The zero-order valence-corrected chi connectivity index (χ0v) is 10.6. The van der Waals surface area contributed by atoms with Crippen molar-refractivity contribution >= 4 is 29.1 Å². The van der Waals surface area contributed by atoms with E-state index in [4.69, 9.17) is 5.11 Å². The van der Waals surface area contributed by atoms with E-state index in [-0.39, 0.29) is 5.56 Å². The maximum atomic E-state index is 11.1. The Morgan fingerprint density at radius 2 is 2.06 bits per heavy atom. The summed E-state index contributed by atoms with van der Waals surface area (Å²) in [6.07, 6.45) is 4.88. The molecule has 0 radical (unpaired) electrons. The lowest BCUT2D eigenvalue weighted by atomic mass is 10.2. The monoisotopic (exact) mass is 260 g/mol. The van der Waals surface area contributed by atoms with Crippen molar-refractivity contribution in [2.24, 2.45) is 0 Å². The number of anilines is 2. The standard InChI is InChI=1S/C13H12N2O2S/c1-18-12-5-3-2-4-11(12)15-10-6-7-14-8-9(10)13(16)17/h2-8H,1H3,(H,14,15)(H,16,17). The number of nitrogens with zero attached hydrogens (tertiary/aromatic N) is 1. The second-order valence-electron chi connectivity index (χ2n) is 3.55. The highest BCUT2D eigenvalue weighted by Gasteiger charge is 2.10. The Kier molecular flexibility index (Phi) is 3.84. The Bertz CT molecular complexity index is 572. The van der Waals surface area contributed by atoms with Crippen LogP contribution in [0.15, 0.2) is 47.6 Å². The van der Waals surface area contributed by atoms with Crippen molar-refractivity contribution in [2.45, 2.75) is 4.90 Å². The van der Waals surface area contributed by atoms with E-state index < -0.39 is 5.97 Å². The topological polar surface area (TPSA) is 62.2 Å². The lowest BCUT2D eigenvalue weighted by Crippen LogP contribution is -2.03. The molecule has 1 aromatic heterocycles. The Hall–Kier alpha value is -2.01. The average Bonchev–Trinajstić information content (AvgIpc) is 2.40. The minimum Gasteiger partial charge on any atom is -0.478 e. The summed E-state index contributed by atoms with van der Waals surface area (Å²) in [6.45, 7) is 0. The van der Waals surface area contributed by atoms with Crippen LogP contribution in [-0.4, -0.2) is 22.3 Å². The number of nitrogens with one attached hydrogen (secondary N) is 1. The molecule has 2 rings (SSSR count). The second-order valence-corrected chi connectivity index (χ2v) is 4.40. The zero-order chi connectivity index (χ0) is 13.0. The van der Waals surface area contributed by atoms with Gasteiger partial charge < -0.3 is 10.4 Å². The Labute approximate surface area is 109 Å². The quantitative estimate of drug-likeness (QED) is 0.826. The van der Waals surface area contributed by atoms with Crippen molar-refractivity contribution in [1.29, 1.82) is 0 Å². The number of carboxylic acids is 1. The summed E-state index contributed by atoms with van der Waals surface area (Å²) in [6, 6.07) is 9.40. The summed E-state index contributed by atoms with van der Waals surface area (Å²) in [5.41, 5.74) is 1.59. The van der Waals surface area contributed by atoms with E-state index in [0.29, 0.717) is 5.69 Å². The van der Waals surface area contributed by atoms with Gasteiger partial charge in [-0.1, -0.05) is 12.1 Å². The molecule has 92 valence electrons. The van der Waals surface area contributed by atoms with Gasteiger partial charge in [-0.15, -0.1) is 11.8 Å². The Morgan fingerprint density at radius 1 is 1.28 bits per heavy atom. The molecule has 0 unspecified atom stereocenters. The van der Waals surface area contributed by atoms with Gasteiger partial charge in [-0.05, 0) is 24.5 Å². The van der Waals surface area contributed by atoms with Crippen molar-refractivity contribution in [3.8, 4) is 0 Å². The highest BCUT2D eigenvalue weighted by molar-refractivity contribution is 7.98. The van der Waals surface area contributed by atoms with Crippen LogP contribution >= 0.6 is 11.8 Å². The minimum atomic E-state index is -0.993. The molecule has 0 amide bonds. The van der Waals surface area contributed by atoms with Crippen LogP contribution in [0.3, 0.4) is 0 Å². The number of rotatable bonds is 4. The number of carbonyl (C=O) groups is 1. The molecule has 0 aliphatic rings. The average molecular weight is 260 g/mol. The first-order valence-electron chi connectivity index (χ1n) is 5.29. The molecule has 0 saturated carbocycles. The van der Waals surface area contributed by atoms with Crippen LogP contribution in [0, 0.1) is 0 Å². The lowest BCUT2D eigenvalue weighted by molar-refractivity contribution is 0.0697. The summed E-state index contributed by atoms with van der Waals surface area (Å²) in [5.74, 6) is -0.993. The number of hydrogen-bond acceptors (Lipinski definition) is 4. The fourth-order valence-corrected chi connectivity index (χ4v) is 2.12. The van der Waals surface area contributed by atoms with Gasteiger partial charge in [0.2, 0.25) is 0 Å². The third-order valence-electron chi connectivity index (χ3n) is 2.43. The number of hydrogen-bond donors (Lipinski definition) is 2. The molecule has 18 heavy (non-hydrogen) atoms. The van der Waals surface area contributed by atoms with Gasteiger partial charge >= 0.3 is 5.97 Å². The van der Waals surface area contributed by atoms with Crippen molar-refractivity contribution < 1.29 is 9.90 Å². The molecule has 1 heterocycles. The zero-order valence-electron chi connectivity index (χ0n) is 9.75. The van der Waals surface area contributed by atoms with Crippen molar-refractivity contribution in [3.05, 3.63) is 48.3 Å². The largest absolute Gasteiger partial charge is 0.478 e. The normalized spacial score (nSPS) is 10.1. The first-order chi connectivity index (χ1) is 8.72. The van der Waals surface area contributed by atoms with Gasteiger partial charge in [0.1, 0.15) is 5.56 Å². The fraction of sp³-hybridized carbons (Fsp3) is 0.0769. The molecule has 5 heteroatoms. The van der Waals surface area contributed by atoms with Gasteiger partial charge in [-0.2, -0.15) is 0 Å². The molecule has 2 N–H and O–H groups in total. The number of pyridine rings is 1. The molecule has 0 fully saturated rings. The van der Waals surface area contributed by atoms with Crippen LogP contribution in [0.5, 0.6) is 0 Å². The van der Waals surface area contributed by atoms with E-state index in [1.165, 1.54) is 6.20 Å². The molecule has 2 aromatic rings. The minimum absolute atomic E-state index is 0.161. The van der Waals surface area contributed by atoms with E-state index in [1.807, 2.05) is 30.5 Å². The molecule has 1 aromatic carbocycles. The van der Waals surface area contributed by atoms with Gasteiger partial charge in [0.05, 0.1) is 11.4 Å². The molecule has 0 bridgehead atoms. The predicted molar refractivity (Wildman–Crippen MR) is 72.7 cm³/mol. The number of benzene rings is 1. The van der Waals surface area contributed by atoms with Gasteiger partial charge in [-0.25, -0.2) is 4.79 Å². The molecule has 0 aliphatic heterocycles. The maximum Gasteiger partial charge on any atom is 0.339 e. The molecule has 0 atom stereocenters. The van der Waals surface area contributed by atoms with Crippen LogP contribution in [-0.2, 0) is 0 Å². The van der Waals surface area contributed by atoms with Crippen LogP contribution in [0.2, 0.25) is 0 Å². The lowest BCUT2D eigenvalue weighted by Gasteiger charge is -2.11. The van der Waals surface area contributed by atoms with Gasteiger partial charge in [-0.3, -0.25) is 4.98 Å². The molecule has 4 nitrogen and oxygen atoms in total. The van der Waals surface area contributed by atoms with Gasteiger partial charge in [0.25, 0.3) is 0 Å². The van der Waals surface area contributed by atoms with Crippen LogP contribution < -0.4 is 5.32 Å². The summed E-state index contributed by atoms with van der Waals surface area (Å²) in [7, 11) is 0. The predicted octanol–water partition coefficient (Wildman–Crippen LogP) is 3.25. The Morgan fingerprint density at radius 3 is 2.78 bits per heavy atom. The van der Waals surface area contributed by atoms with Crippen LogP contribution in [0.25, 0.3) is 0 Å². The summed E-state index contributed by atoms with van der Waals surface area (Å²) in [5, 5.41) is 12.2. The van der Waals surface area contributed by atoms with Gasteiger partial charge in [0, 0.05) is 17.3 Å². The fourth-order valence-electron chi connectivity index (χ4n) is 1.57. The first-order valence-corrected chi connectivity index (χ1v) is 6.52. The summed E-state index contributed by atoms with van der Waals surface area (Å²) >= 11 is 1.60. The van der Waals surface area contributed by atoms with E-state index in [2.05, 4.69) is 10.3 Å². The number of para-hydroxylation sites is 1. The number of carboxylic acid groups (broad SMARTS) is 1. The summed E-state index contributed by atoms with van der Waals surface area (Å²) in [4.78, 5) is 16.0. The number of aromatic nitrogens is 1. The molecular formula is C13H12N2O2S. The third-order valence-corrected chi connectivity index (χ3v) is 3.22. The first kappa shape index (κ1) is 12.4. The van der Waals surface area contributed by atoms with E-state index in [9.17, 15) is 4.79 Å². The van der Waals surface area contributed by atoms with Crippen molar-refractivity contribution in [2.75, 3.05) is 11.6 Å². The smallest absolute Gasteiger partial charge is 0.339 e. The SMILES string of the molecule is CSc1ccccc1Nc1ccncc1C(=O)O.